The number of pyridine rings is 1. The highest BCUT2D eigenvalue weighted by Gasteiger charge is 2.32. The van der Waals surface area contributed by atoms with Crippen LogP contribution in [0.4, 0.5) is 5.69 Å². The molecule has 17 heteroatoms. The van der Waals surface area contributed by atoms with Gasteiger partial charge in [-0.05, 0) is 24.5 Å². The van der Waals surface area contributed by atoms with Crippen molar-refractivity contribution in [1.82, 2.24) is 29.3 Å². The Hall–Kier alpha value is -3.60. The van der Waals surface area contributed by atoms with Gasteiger partial charge in [0.2, 0.25) is 17.6 Å². The second kappa shape index (κ2) is 14.5. The van der Waals surface area contributed by atoms with Gasteiger partial charge in [0.25, 0.3) is 21.5 Å². The lowest BCUT2D eigenvalue weighted by atomic mass is 10.0. The standard InChI is InChI=1S/C25H32ClN7O7S2/c1-4-15(5-2)13-28-19(35)14-32-10-6-7-17(23(32)38)29-21(36)16(8-9-18(34)22(37)27-3)31-42(39,40)24-20(26)30-25-33(24)11-12-41-25/h6-7,10-12,15-16,31H,4-5,8-9,13-14H2,1-3H3,(H,27,37)(H,28,35)(H,29,36). The molecule has 0 aromatic carbocycles. The van der Waals surface area contributed by atoms with E-state index in [1.165, 1.54) is 36.0 Å². The van der Waals surface area contributed by atoms with Gasteiger partial charge >= 0.3 is 0 Å². The number of fused-ring (bicyclic) bond motifs is 1. The summed E-state index contributed by atoms with van der Waals surface area (Å²) in [6.45, 7) is 4.21. The van der Waals surface area contributed by atoms with Gasteiger partial charge in [-0.3, -0.25) is 28.4 Å². The number of aromatic nitrogens is 3. The summed E-state index contributed by atoms with van der Waals surface area (Å²) >= 11 is 7.22. The van der Waals surface area contributed by atoms with Crippen LogP contribution in [0.15, 0.2) is 39.7 Å². The smallest absolute Gasteiger partial charge is 0.287 e. The van der Waals surface area contributed by atoms with Crippen LogP contribution in [0.1, 0.15) is 39.5 Å². The molecular weight excluding hydrogens is 610 g/mol. The second-order valence-electron chi connectivity index (χ2n) is 9.31. The highest BCUT2D eigenvalue weighted by molar-refractivity contribution is 7.89. The van der Waals surface area contributed by atoms with Crippen molar-refractivity contribution in [3.05, 3.63) is 45.4 Å². The number of hydrogen-bond acceptors (Lipinski definition) is 9. The van der Waals surface area contributed by atoms with E-state index in [4.69, 9.17) is 11.6 Å². The Morgan fingerprint density at radius 2 is 1.86 bits per heavy atom. The Bertz CT molecular complexity index is 1630. The quantitative estimate of drug-likeness (QED) is 0.178. The SMILES string of the molecule is CCC(CC)CNC(=O)Cn1cccc(NC(=O)C(CCC(=O)C(=O)NC)NS(=O)(=O)c2c(Cl)nc3sccn23)c1=O. The van der Waals surface area contributed by atoms with Gasteiger partial charge in [-0.15, -0.1) is 11.3 Å². The molecule has 1 unspecified atom stereocenters. The number of sulfonamides is 1. The van der Waals surface area contributed by atoms with Gasteiger partial charge in [-0.2, -0.15) is 4.72 Å². The van der Waals surface area contributed by atoms with E-state index < -0.39 is 57.1 Å². The van der Waals surface area contributed by atoms with Gasteiger partial charge in [0.1, 0.15) is 18.3 Å². The molecule has 42 heavy (non-hydrogen) atoms. The molecule has 3 aromatic rings. The molecule has 0 aliphatic heterocycles. The Morgan fingerprint density at radius 3 is 2.52 bits per heavy atom. The molecule has 0 saturated heterocycles. The van der Waals surface area contributed by atoms with Crippen molar-refractivity contribution in [3.63, 3.8) is 0 Å². The van der Waals surface area contributed by atoms with E-state index in [0.29, 0.717) is 17.4 Å². The van der Waals surface area contributed by atoms with Gasteiger partial charge in [-0.1, -0.05) is 38.3 Å². The Balaban J connectivity index is 1.83. The van der Waals surface area contributed by atoms with Gasteiger partial charge in [0, 0.05) is 37.8 Å². The number of imidazole rings is 1. The number of hydrogen-bond donors (Lipinski definition) is 4. The Labute approximate surface area is 250 Å². The molecule has 0 aliphatic carbocycles. The summed E-state index contributed by atoms with van der Waals surface area (Å²) in [5, 5.41) is 8.18. The second-order valence-corrected chi connectivity index (χ2v) is 12.2. The van der Waals surface area contributed by atoms with Crippen molar-refractivity contribution in [3.8, 4) is 0 Å². The summed E-state index contributed by atoms with van der Waals surface area (Å²) in [5.41, 5.74) is -0.926. The van der Waals surface area contributed by atoms with Crippen molar-refractivity contribution in [2.24, 2.45) is 5.92 Å². The van der Waals surface area contributed by atoms with E-state index >= 15 is 0 Å². The zero-order chi connectivity index (χ0) is 31.0. The maximum atomic E-state index is 13.3. The number of amides is 3. The molecule has 3 aromatic heterocycles. The molecule has 0 bridgehead atoms. The average molecular weight is 642 g/mol. The molecule has 228 valence electrons. The lowest BCUT2D eigenvalue weighted by Gasteiger charge is -2.18. The number of nitrogens with one attached hydrogen (secondary N) is 4. The molecular formula is C25H32ClN7O7S2. The third kappa shape index (κ3) is 8.02. The monoisotopic (exact) mass is 641 g/mol. The molecule has 3 rings (SSSR count). The van der Waals surface area contributed by atoms with Crippen molar-refractivity contribution >= 4 is 67.1 Å². The normalized spacial score (nSPS) is 12.3. The fourth-order valence-electron chi connectivity index (χ4n) is 4.02. The number of rotatable bonds is 15. The van der Waals surface area contributed by atoms with Crippen LogP contribution in [0.25, 0.3) is 4.96 Å². The van der Waals surface area contributed by atoms with E-state index in [1.807, 2.05) is 13.8 Å². The van der Waals surface area contributed by atoms with E-state index in [-0.39, 0.29) is 23.3 Å². The number of carbonyl (C=O) groups excluding carboxylic acids is 4. The molecule has 0 fully saturated rings. The first kappa shape index (κ1) is 32.9. The third-order valence-corrected chi connectivity index (χ3v) is 9.15. The number of Topliss-reactive ketones (excluding diaryl/α,β-unsaturated/α-hetero) is 1. The van der Waals surface area contributed by atoms with Gasteiger partial charge < -0.3 is 20.5 Å². The molecule has 0 radical (unpaired) electrons. The topological polar surface area (TPSA) is 190 Å². The lowest BCUT2D eigenvalue weighted by Crippen LogP contribution is -2.45. The number of nitrogens with zero attached hydrogens (tertiary/aromatic N) is 3. The van der Waals surface area contributed by atoms with Crippen molar-refractivity contribution in [2.45, 2.75) is 57.1 Å². The first-order valence-corrected chi connectivity index (χ1v) is 15.8. The predicted octanol–water partition coefficient (Wildman–Crippen LogP) is 1.14. The molecule has 1 atom stereocenters. The first-order valence-electron chi connectivity index (χ1n) is 13.1. The summed E-state index contributed by atoms with van der Waals surface area (Å²) in [5.74, 6) is -2.84. The first-order chi connectivity index (χ1) is 19.9. The summed E-state index contributed by atoms with van der Waals surface area (Å²) < 4.78 is 31.2. The fraction of sp³-hybridized carbons (Fsp3) is 0.440. The number of carbonyl (C=O) groups is 4. The van der Waals surface area contributed by atoms with Crippen LogP contribution >= 0.6 is 22.9 Å². The average Bonchev–Trinajstić information content (AvgIpc) is 3.52. The fourth-order valence-corrected chi connectivity index (χ4v) is 6.70. The molecule has 3 amide bonds. The van der Waals surface area contributed by atoms with Crippen molar-refractivity contribution in [2.75, 3.05) is 18.9 Å². The lowest BCUT2D eigenvalue weighted by molar-refractivity contribution is -0.137. The van der Waals surface area contributed by atoms with Gasteiger partial charge in [-0.25, -0.2) is 13.4 Å². The summed E-state index contributed by atoms with van der Waals surface area (Å²) in [7, 11) is -3.23. The maximum Gasteiger partial charge on any atom is 0.287 e. The minimum Gasteiger partial charge on any atom is -0.354 e. The number of ketones is 1. The summed E-state index contributed by atoms with van der Waals surface area (Å²) in [6.07, 6.45) is 3.70. The molecule has 3 heterocycles. The molecule has 4 N–H and O–H groups in total. The molecule has 0 spiro atoms. The summed E-state index contributed by atoms with van der Waals surface area (Å²) in [4.78, 5) is 66.9. The Kier molecular flexibility index (Phi) is 11.4. The van der Waals surface area contributed by atoms with Crippen LogP contribution in [0.3, 0.4) is 0 Å². The number of halogens is 1. The third-order valence-electron chi connectivity index (χ3n) is 6.52. The molecule has 14 nitrogen and oxygen atoms in total. The van der Waals surface area contributed by atoms with Crippen LogP contribution in [-0.2, 0) is 35.7 Å². The minimum absolute atomic E-state index is 0.222. The number of likely N-dealkylation sites (N-methyl/N-ethyl adjacent to an activating group) is 1. The zero-order valence-electron chi connectivity index (χ0n) is 23.2. The van der Waals surface area contributed by atoms with Crippen LogP contribution < -0.4 is 26.2 Å². The van der Waals surface area contributed by atoms with Crippen molar-refractivity contribution in [1.29, 1.82) is 0 Å². The highest BCUT2D eigenvalue weighted by atomic mass is 35.5. The van der Waals surface area contributed by atoms with Crippen LogP contribution in [-0.4, -0.2) is 65.5 Å². The highest BCUT2D eigenvalue weighted by Crippen LogP contribution is 2.25. The van der Waals surface area contributed by atoms with Crippen LogP contribution in [0.2, 0.25) is 5.15 Å². The largest absolute Gasteiger partial charge is 0.354 e. The van der Waals surface area contributed by atoms with E-state index in [0.717, 1.165) is 28.7 Å². The van der Waals surface area contributed by atoms with E-state index in [9.17, 15) is 32.4 Å². The maximum absolute atomic E-state index is 13.3. The molecule has 0 aliphatic rings. The minimum atomic E-state index is -4.49. The zero-order valence-corrected chi connectivity index (χ0v) is 25.6. The van der Waals surface area contributed by atoms with Crippen molar-refractivity contribution < 1.29 is 27.6 Å². The van der Waals surface area contributed by atoms with Gasteiger partial charge in [0.15, 0.2) is 15.1 Å². The summed E-state index contributed by atoms with van der Waals surface area (Å²) in [6, 6.07) is 1.14. The van der Waals surface area contributed by atoms with Crippen LogP contribution in [0.5, 0.6) is 0 Å². The number of anilines is 1. The predicted molar refractivity (Wildman–Crippen MR) is 157 cm³/mol. The number of thiazole rings is 1. The van der Waals surface area contributed by atoms with E-state index in [1.54, 1.807) is 5.38 Å². The molecule has 0 saturated carbocycles. The van der Waals surface area contributed by atoms with E-state index in [2.05, 4.69) is 25.7 Å². The Morgan fingerprint density at radius 1 is 1.14 bits per heavy atom. The van der Waals surface area contributed by atoms with Crippen LogP contribution in [0, 0.1) is 5.92 Å². The van der Waals surface area contributed by atoms with Gasteiger partial charge in [0.05, 0.1) is 0 Å².